The number of para-hydroxylation sites is 1. The van der Waals surface area contributed by atoms with Crippen molar-refractivity contribution in [2.45, 2.75) is 6.92 Å². The number of aryl methyl sites for hydroxylation is 1. The van der Waals surface area contributed by atoms with Crippen LogP contribution in [0.25, 0.3) is 10.2 Å². The molecule has 140 valence electrons. The second-order valence-electron chi connectivity index (χ2n) is 6.56. The van der Waals surface area contributed by atoms with Gasteiger partial charge >= 0.3 is 0 Å². The minimum Gasteiger partial charge on any atom is -0.353 e. The van der Waals surface area contributed by atoms with Crippen molar-refractivity contribution in [3.05, 3.63) is 46.6 Å². The second-order valence-corrected chi connectivity index (χ2v) is 8.21. The number of hydrogen-bond acceptors (Lipinski definition) is 6. The van der Waals surface area contributed by atoms with Crippen LogP contribution in [0, 0.1) is 6.92 Å². The van der Waals surface area contributed by atoms with Gasteiger partial charge in [0.1, 0.15) is 17.0 Å². The van der Waals surface area contributed by atoms with Crippen LogP contribution in [0.2, 0.25) is 5.02 Å². The van der Waals surface area contributed by atoms with E-state index in [0.717, 1.165) is 42.2 Å². The summed E-state index contributed by atoms with van der Waals surface area (Å²) >= 11 is 7.79. The van der Waals surface area contributed by atoms with Crippen molar-refractivity contribution in [3.8, 4) is 0 Å². The lowest BCUT2D eigenvalue weighted by molar-refractivity contribution is -0.117. The molecule has 8 heteroatoms. The van der Waals surface area contributed by atoms with Gasteiger partial charge in [-0.3, -0.25) is 9.69 Å². The van der Waals surface area contributed by atoms with E-state index in [2.05, 4.69) is 38.1 Å². The highest BCUT2D eigenvalue weighted by atomic mass is 35.5. The Morgan fingerprint density at radius 2 is 2.00 bits per heavy atom. The van der Waals surface area contributed by atoms with Crippen molar-refractivity contribution in [3.63, 3.8) is 0 Å². The van der Waals surface area contributed by atoms with Crippen LogP contribution in [-0.4, -0.2) is 53.5 Å². The van der Waals surface area contributed by atoms with E-state index in [0.29, 0.717) is 17.3 Å². The number of halogens is 1. The summed E-state index contributed by atoms with van der Waals surface area (Å²) in [6, 6.07) is 9.43. The molecule has 1 N–H and O–H groups in total. The van der Waals surface area contributed by atoms with Gasteiger partial charge in [-0.2, -0.15) is 0 Å². The highest BCUT2D eigenvalue weighted by Crippen LogP contribution is 2.30. The van der Waals surface area contributed by atoms with E-state index in [1.807, 2.05) is 12.1 Å². The van der Waals surface area contributed by atoms with Gasteiger partial charge in [-0.15, -0.1) is 11.3 Å². The quantitative estimate of drug-likeness (QED) is 0.725. The maximum atomic E-state index is 12.3. The molecule has 0 atom stereocenters. The number of thiophene rings is 1. The molecule has 1 saturated heterocycles. The Morgan fingerprint density at radius 1 is 1.22 bits per heavy atom. The van der Waals surface area contributed by atoms with E-state index in [9.17, 15) is 4.79 Å². The van der Waals surface area contributed by atoms with E-state index in [4.69, 9.17) is 11.6 Å². The summed E-state index contributed by atoms with van der Waals surface area (Å²) < 4.78 is 0. The number of nitrogens with one attached hydrogen (secondary N) is 1. The smallest absolute Gasteiger partial charge is 0.238 e. The third-order valence-electron chi connectivity index (χ3n) is 4.62. The predicted octanol–water partition coefficient (Wildman–Crippen LogP) is 3.41. The van der Waals surface area contributed by atoms with E-state index >= 15 is 0 Å². The fourth-order valence-electron chi connectivity index (χ4n) is 3.29. The van der Waals surface area contributed by atoms with Crippen molar-refractivity contribution < 1.29 is 4.79 Å². The number of piperazine rings is 1. The van der Waals surface area contributed by atoms with Crippen molar-refractivity contribution in [2.75, 3.05) is 42.9 Å². The van der Waals surface area contributed by atoms with Gasteiger partial charge in [0.2, 0.25) is 5.91 Å². The average molecular weight is 402 g/mol. The fraction of sp³-hybridized carbons (Fsp3) is 0.316. The standard InChI is InChI=1S/C19H20ClN5OS/c1-13-10-14-18(21-12-22-19(14)27-13)25-8-6-24(7-9-25)11-17(26)23-16-5-3-2-4-15(16)20/h2-5,10,12H,6-9,11H2,1H3,(H,23,26). The first-order valence-corrected chi connectivity index (χ1v) is 10.0. The van der Waals surface area contributed by atoms with Crippen molar-refractivity contribution >= 4 is 50.6 Å². The zero-order chi connectivity index (χ0) is 18.8. The van der Waals surface area contributed by atoms with E-state index in [1.165, 1.54) is 4.88 Å². The van der Waals surface area contributed by atoms with Crippen molar-refractivity contribution in [1.29, 1.82) is 0 Å². The molecule has 3 aromatic rings. The zero-order valence-corrected chi connectivity index (χ0v) is 16.6. The molecule has 0 bridgehead atoms. The molecular weight excluding hydrogens is 382 g/mol. The van der Waals surface area contributed by atoms with Crippen LogP contribution in [0.5, 0.6) is 0 Å². The van der Waals surface area contributed by atoms with Gasteiger partial charge in [0.25, 0.3) is 0 Å². The number of carbonyl (C=O) groups excluding carboxylic acids is 1. The third-order valence-corrected chi connectivity index (χ3v) is 5.91. The largest absolute Gasteiger partial charge is 0.353 e. The van der Waals surface area contributed by atoms with E-state index in [1.54, 1.807) is 29.8 Å². The first-order valence-electron chi connectivity index (χ1n) is 8.83. The minimum absolute atomic E-state index is 0.0468. The summed E-state index contributed by atoms with van der Waals surface area (Å²) in [5.41, 5.74) is 0.652. The van der Waals surface area contributed by atoms with Gasteiger partial charge in [-0.25, -0.2) is 9.97 Å². The summed E-state index contributed by atoms with van der Waals surface area (Å²) in [6.45, 7) is 5.73. The number of anilines is 2. The minimum atomic E-state index is -0.0468. The van der Waals surface area contributed by atoms with Crippen molar-refractivity contribution in [1.82, 2.24) is 14.9 Å². The number of fused-ring (bicyclic) bond motifs is 1. The Kier molecular flexibility index (Phi) is 5.24. The number of nitrogens with zero attached hydrogens (tertiary/aromatic N) is 4. The molecule has 1 aliphatic rings. The molecule has 0 saturated carbocycles. The Balaban J connectivity index is 1.36. The Labute approximate surface area is 166 Å². The first kappa shape index (κ1) is 18.2. The monoisotopic (exact) mass is 401 g/mol. The number of rotatable bonds is 4. The molecule has 6 nitrogen and oxygen atoms in total. The number of carbonyl (C=O) groups is 1. The lowest BCUT2D eigenvalue weighted by atomic mass is 10.2. The lowest BCUT2D eigenvalue weighted by Crippen LogP contribution is -2.49. The normalized spacial score (nSPS) is 15.3. The van der Waals surface area contributed by atoms with Crippen molar-refractivity contribution in [2.24, 2.45) is 0 Å². The third kappa shape index (κ3) is 4.05. The van der Waals surface area contributed by atoms with Gasteiger partial charge in [-0.1, -0.05) is 23.7 Å². The SMILES string of the molecule is Cc1cc2c(N3CCN(CC(=O)Nc4ccccc4Cl)CC3)ncnc2s1. The van der Waals surface area contributed by atoms with Gasteiger partial charge in [-0.05, 0) is 25.1 Å². The summed E-state index contributed by atoms with van der Waals surface area (Å²) in [7, 11) is 0. The maximum Gasteiger partial charge on any atom is 0.238 e. The highest BCUT2D eigenvalue weighted by Gasteiger charge is 2.22. The van der Waals surface area contributed by atoms with E-state index < -0.39 is 0 Å². The molecule has 0 aliphatic carbocycles. The van der Waals surface area contributed by atoms with Gasteiger partial charge in [0, 0.05) is 31.1 Å². The van der Waals surface area contributed by atoms with Crippen LogP contribution in [0.1, 0.15) is 4.88 Å². The molecule has 3 heterocycles. The summed E-state index contributed by atoms with van der Waals surface area (Å²) in [5.74, 6) is 0.943. The molecule has 27 heavy (non-hydrogen) atoms. The van der Waals surface area contributed by atoms with Gasteiger partial charge in [0.05, 0.1) is 22.6 Å². The number of hydrogen-bond donors (Lipinski definition) is 1. The molecule has 1 fully saturated rings. The summed E-state index contributed by atoms with van der Waals surface area (Å²) in [4.78, 5) is 27.9. The van der Waals surface area contributed by atoms with Gasteiger partial charge < -0.3 is 10.2 Å². The zero-order valence-electron chi connectivity index (χ0n) is 15.0. The predicted molar refractivity (Wildman–Crippen MR) is 111 cm³/mol. The molecule has 1 amide bonds. The lowest BCUT2D eigenvalue weighted by Gasteiger charge is -2.35. The Bertz CT molecular complexity index is 968. The molecular formula is C19H20ClN5OS. The molecule has 2 aromatic heterocycles. The molecule has 0 spiro atoms. The Morgan fingerprint density at radius 3 is 2.78 bits per heavy atom. The summed E-state index contributed by atoms with van der Waals surface area (Å²) in [5, 5.41) is 4.55. The topological polar surface area (TPSA) is 61.4 Å². The Hall–Kier alpha value is -2.22. The number of aromatic nitrogens is 2. The highest BCUT2D eigenvalue weighted by molar-refractivity contribution is 7.18. The number of benzene rings is 1. The van der Waals surface area contributed by atoms with Crippen LogP contribution in [0.15, 0.2) is 36.7 Å². The molecule has 0 radical (unpaired) electrons. The van der Waals surface area contributed by atoms with Crippen LogP contribution in [0.4, 0.5) is 11.5 Å². The number of amides is 1. The fourth-order valence-corrected chi connectivity index (χ4v) is 4.31. The average Bonchev–Trinajstić information content (AvgIpc) is 3.04. The van der Waals surface area contributed by atoms with Crippen LogP contribution >= 0.6 is 22.9 Å². The molecule has 0 unspecified atom stereocenters. The van der Waals surface area contributed by atoms with Crippen LogP contribution in [-0.2, 0) is 4.79 Å². The molecule has 1 aliphatic heterocycles. The first-order chi connectivity index (χ1) is 13.1. The van der Waals surface area contributed by atoms with Gasteiger partial charge in [0.15, 0.2) is 0 Å². The maximum absolute atomic E-state index is 12.3. The van der Waals surface area contributed by atoms with Crippen LogP contribution < -0.4 is 10.2 Å². The summed E-state index contributed by atoms with van der Waals surface area (Å²) in [6.07, 6.45) is 1.64. The van der Waals surface area contributed by atoms with E-state index in [-0.39, 0.29) is 5.91 Å². The second kappa shape index (κ2) is 7.80. The molecule has 4 rings (SSSR count). The molecule has 1 aromatic carbocycles. The van der Waals surface area contributed by atoms with Crippen LogP contribution in [0.3, 0.4) is 0 Å².